The number of alkyl halides is 1. The van der Waals surface area contributed by atoms with Crippen molar-refractivity contribution in [2.45, 2.75) is 13.3 Å². The first-order chi connectivity index (χ1) is 6.53. The van der Waals surface area contributed by atoms with E-state index in [1.807, 2.05) is 0 Å². The normalized spacial score (nSPS) is 11.9. The molecule has 0 atom stereocenters. The number of hydrogen-bond donors (Lipinski definition) is 1. The first-order valence-corrected chi connectivity index (χ1v) is 6.04. The molecular formula is C6H10ClN3O3S. The van der Waals surface area contributed by atoms with Gasteiger partial charge in [0, 0.05) is 19.9 Å². The monoisotopic (exact) mass is 239 g/mol. The van der Waals surface area contributed by atoms with Crippen molar-refractivity contribution in [1.82, 2.24) is 14.9 Å². The summed E-state index contributed by atoms with van der Waals surface area (Å²) >= 11 is 5.18. The van der Waals surface area contributed by atoms with Gasteiger partial charge in [0.05, 0.1) is 0 Å². The van der Waals surface area contributed by atoms with Crippen molar-refractivity contribution < 1.29 is 12.9 Å². The van der Waals surface area contributed by atoms with Gasteiger partial charge >= 0.3 is 0 Å². The maximum absolute atomic E-state index is 10.9. The van der Waals surface area contributed by atoms with Crippen molar-refractivity contribution in [3.63, 3.8) is 0 Å². The molecule has 0 bridgehead atoms. The zero-order chi connectivity index (χ0) is 10.6. The largest absolute Gasteiger partial charge is 0.340 e. The molecular weight excluding hydrogens is 230 g/mol. The van der Waals surface area contributed by atoms with Crippen molar-refractivity contribution in [2.24, 2.45) is 0 Å². The molecule has 0 spiro atoms. The molecule has 8 heteroatoms. The molecule has 6 nitrogen and oxygen atoms in total. The fourth-order valence-electron chi connectivity index (χ4n) is 0.800. The Morgan fingerprint density at radius 2 is 2.29 bits per heavy atom. The van der Waals surface area contributed by atoms with E-state index in [0.717, 1.165) is 0 Å². The second kappa shape index (κ2) is 4.72. The number of aryl methyl sites for hydroxylation is 1. The number of nitrogens with one attached hydrogen (secondary N) is 1. The molecule has 0 saturated carbocycles. The maximum atomic E-state index is 10.9. The standard InChI is InChI=1S/C6H10ClN3O3S/c1-5-9-6(10-13-5)2-3-8-14(11,12)4-7/h8H,2-4H2,1H3. The average Bonchev–Trinajstić information content (AvgIpc) is 2.51. The van der Waals surface area contributed by atoms with Crippen LogP contribution in [-0.4, -0.2) is 30.3 Å². The molecule has 1 N–H and O–H groups in total. The lowest BCUT2D eigenvalue weighted by molar-refractivity contribution is 0.387. The molecule has 0 radical (unpaired) electrons. The molecule has 80 valence electrons. The van der Waals surface area contributed by atoms with Gasteiger partial charge in [-0.2, -0.15) is 4.98 Å². The molecule has 0 aliphatic heterocycles. The molecule has 1 heterocycles. The third-order valence-electron chi connectivity index (χ3n) is 1.38. The van der Waals surface area contributed by atoms with Crippen LogP contribution >= 0.6 is 11.6 Å². The van der Waals surface area contributed by atoms with Gasteiger partial charge in [-0.25, -0.2) is 13.1 Å². The third-order valence-corrected chi connectivity index (χ3v) is 3.18. The summed E-state index contributed by atoms with van der Waals surface area (Å²) in [7, 11) is -3.35. The summed E-state index contributed by atoms with van der Waals surface area (Å²) in [4.78, 5) is 3.91. The van der Waals surface area contributed by atoms with Crippen LogP contribution in [-0.2, 0) is 16.4 Å². The van der Waals surface area contributed by atoms with E-state index in [4.69, 9.17) is 16.1 Å². The van der Waals surface area contributed by atoms with E-state index < -0.39 is 15.2 Å². The Morgan fingerprint density at radius 3 is 2.79 bits per heavy atom. The van der Waals surface area contributed by atoms with Gasteiger partial charge in [-0.1, -0.05) is 5.16 Å². The fraction of sp³-hybridized carbons (Fsp3) is 0.667. The van der Waals surface area contributed by atoms with Crippen LogP contribution in [0.15, 0.2) is 4.52 Å². The van der Waals surface area contributed by atoms with Gasteiger partial charge in [0.15, 0.2) is 5.82 Å². The lowest BCUT2D eigenvalue weighted by atomic mass is 10.4. The summed E-state index contributed by atoms with van der Waals surface area (Å²) in [6.07, 6.45) is 0.382. The summed E-state index contributed by atoms with van der Waals surface area (Å²) in [6, 6.07) is 0. The number of sulfonamides is 1. The first-order valence-electron chi connectivity index (χ1n) is 3.86. The Bertz CT molecular complexity index is 389. The van der Waals surface area contributed by atoms with Crippen LogP contribution < -0.4 is 4.72 Å². The van der Waals surface area contributed by atoms with Gasteiger partial charge in [0.2, 0.25) is 15.9 Å². The van der Waals surface area contributed by atoms with Gasteiger partial charge < -0.3 is 4.52 Å². The molecule has 1 aromatic heterocycles. The maximum Gasteiger partial charge on any atom is 0.225 e. The molecule has 0 amide bonds. The summed E-state index contributed by atoms with van der Waals surface area (Å²) in [5, 5.41) is 3.16. The molecule has 1 rings (SSSR count). The highest BCUT2D eigenvalue weighted by molar-refractivity contribution is 7.90. The van der Waals surface area contributed by atoms with E-state index in [1.54, 1.807) is 6.92 Å². The van der Waals surface area contributed by atoms with E-state index in [0.29, 0.717) is 18.1 Å². The van der Waals surface area contributed by atoms with Crippen molar-refractivity contribution in [3.8, 4) is 0 Å². The Balaban J connectivity index is 2.36. The van der Waals surface area contributed by atoms with Gasteiger partial charge in [-0.3, -0.25) is 0 Å². The fourth-order valence-corrected chi connectivity index (χ4v) is 1.52. The molecule has 0 unspecified atom stereocenters. The minimum absolute atomic E-state index is 0.216. The van der Waals surface area contributed by atoms with Crippen LogP contribution in [0.25, 0.3) is 0 Å². The zero-order valence-corrected chi connectivity index (χ0v) is 9.10. The first kappa shape index (κ1) is 11.4. The minimum Gasteiger partial charge on any atom is -0.340 e. The zero-order valence-electron chi connectivity index (χ0n) is 7.53. The van der Waals surface area contributed by atoms with E-state index >= 15 is 0 Å². The molecule has 0 saturated heterocycles. The van der Waals surface area contributed by atoms with Crippen LogP contribution in [0.5, 0.6) is 0 Å². The molecule has 0 aromatic carbocycles. The number of hydrogen-bond acceptors (Lipinski definition) is 5. The Hall–Kier alpha value is -0.660. The van der Waals surface area contributed by atoms with Gasteiger partial charge in [0.25, 0.3) is 0 Å². The molecule has 0 aliphatic carbocycles. The van der Waals surface area contributed by atoms with Crippen molar-refractivity contribution in [1.29, 1.82) is 0 Å². The predicted molar refractivity (Wildman–Crippen MR) is 50.4 cm³/mol. The summed E-state index contributed by atoms with van der Waals surface area (Å²) < 4.78 is 28.8. The summed E-state index contributed by atoms with van der Waals surface area (Å²) in [5.41, 5.74) is 0. The van der Waals surface area contributed by atoms with Crippen LogP contribution in [0, 0.1) is 6.92 Å². The molecule has 1 aromatic rings. The van der Waals surface area contributed by atoms with Crippen LogP contribution in [0.3, 0.4) is 0 Å². The minimum atomic E-state index is -3.35. The van der Waals surface area contributed by atoms with Crippen molar-refractivity contribution in [2.75, 3.05) is 11.8 Å². The van der Waals surface area contributed by atoms with E-state index in [2.05, 4.69) is 14.9 Å². The van der Waals surface area contributed by atoms with Gasteiger partial charge in [-0.05, 0) is 0 Å². The molecule has 0 fully saturated rings. The van der Waals surface area contributed by atoms with Crippen molar-refractivity contribution in [3.05, 3.63) is 11.7 Å². The Morgan fingerprint density at radius 1 is 1.57 bits per heavy atom. The second-order valence-electron chi connectivity index (χ2n) is 2.60. The molecule has 0 aliphatic rings. The van der Waals surface area contributed by atoms with Gasteiger partial charge in [-0.15, -0.1) is 11.6 Å². The number of halogens is 1. The highest BCUT2D eigenvalue weighted by Crippen LogP contribution is 1.95. The average molecular weight is 240 g/mol. The quantitative estimate of drug-likeness (QED) is 0.733. The Kier molecular flexibility index (Phi) is 3.85. The number of aromatic nitrogens is 2. The molecule has 14 heavy (non-hydrogen) atoms. The van der Waals surface area contributed by atoms with Crippen LogP contribution in [0.4, 0.5) is 0 Å². The summed E-state index contributed by atoms with van der Waals surface area (Å²) in [6.45, 7) is 1.88. The topological polar surface area (TPSA) is 85.1 Å². The van der Waals surface area contributed by atoms with E-state index in [1.165, 1.54) is 0 Å². The lowest BCUT2D eigenvalue weighted by Gasteiger charge is -1.99. The Labute approximate surface area is 86.7 Å². The SMILES string of the molecule is Cc1nc(CCNS(=O)(=O)CCl)no1. The van der Waals surface area contributed by atoms with E-state index in [9.17, 15) is 8.42 Å². The number of rotatable bonds is 5. The predicted octanol–water partition coefficient (Wildman–Crippen LogP) is 0.0362. The van der Waals surface area contributed by atoms with E-state index in [-0.39, 0.29) is 6.54 Å². The summed E-state index contributed by atoms with van der Waals surface area (Å²) in [5.74, 6) is 0.931. The smallest absolute Gasteiger partial charge is 0.225 e. The van der Waals surface area contributed by atoms with Crippen LogP contribution in [0.1, 0.15) is 11.7 Å². The highest BCUT2D eigenvalue weighted by Gasteiger charge is 2.08. The van der Waals surface area contributed by atoms with Crippen LogP contribution in [0.2, 0.25) is 0 Å². The van der Waals surface area contributed by atoms with Crippen molar-refractivity contribution >= 4 is 21.6 Å². The number of nitrogens with zero attached hydrogens (tertiary/aromatic N) is 2. The lowest BCUT2D eigenvalue weighted by Crippen LogP contribution is -2.26. The second-order valence-corrected chi connectivity index (χ2v) is 4.99. The third kappa shape index (κ3) is 3.60. The highest BCUT2D eigenvalue weighted by atomic mass is 35.5. The van der Waals surface area contributed by atoms with Gasteiger partial charge in [0.1, 0.15) is 5.21 Å².